The van der Waals surface area contributed by atoms with E-state index < -0.39 is 6.17 Å². The van der Waals surface area contributed by atoms with Crippen LogP contribution in [0.3, 0.4) is 0 Å². The number of hydrogen-bond acceptors (Lipinski definition) is 6. The van der Waals surface area contributed by atoms with Crippen LogP contribution < -0.4 is 5.43 Å². The molecule has 1 atom stereocenters. The lowest BCUT2D eigenvalue weighted by Gasteiger charge is -2.23. The Kier molecular flexibility index (Phi) is 3.91. The van der Waals surface area contributed by atoms with Crippen molar-refractivity contribution >= 4 is 46.0 Å². The number of hydrogen-bond donors (Lipinski definition) is 1. The molecule has 0 saturated carbocycles. The largest absolute Gasteiger partial charge is 0.240 e. The topological polar surface area (TPSA) is 63.8 Å². The van der Waals surface area contributed by atoms with E-state index in [2.05, 4.69) is 21.5 Å². The van der Waals surface area contributed by atoms with Crippen LogP contribution in [0.4, 0.5) is 0 Å². The number of halogens is 2. The van der Waals surface area contributed by atoms with Crippen molar-refractivity contribution in [3.05, 3.63) is 45.6 Å². The van der Waals surface area contributed by atoms with Gasteiger partial charge in [-0.2, -0.15) is 10.7 Å². The van der Waals surface area contributed by atoms with Crippen LogP contribution in [-0.4, -0.2) is 22.3 Å². The molecule has 21 heavy (non-hydrogen) atoms. The summed E-state index contributed by atoms with van der Waals surface area (Å²) in [5, 5.41) is 12.6. The lowest BCUT2D eigenvalue weighted by molar-refractivity contribution is 0.424. The van der Waals surface area contributed by atoms with Crippen LogP contribution in [0.1, 0.15) is 11.7 Å². The van der Waals surface area contributed by atoms with E-state index in [0.717, 1.165) is 0 Å². The van der Waals surface area contributed by atoms with E-state index in [1.807, 2.05) is 6.26 Å². The summed E-state index contributed by atoms with van der Waals surface area (Å²) in [7, 11) is 0. The van der Waals surface area contributed by atoms with Crippen molar-refractivity contribution in [1.82, 2.24) is 10.4 Å². The van der Waals surface area contributed by atoms with Gasteiger partial charge >= 0.3 is 0 Å². The first-order valence-electron chi connectivity index (χ1n) is 5.96. The number of amidine groups is 2. The number of fused-ring (bicyclic) bond motifs is 1. The summed E-state index contributed by atoms with van der Waals surface area (Å²) < 4.78 is 0. The number of nitriles is 1. The summed E-state index contributed by atoms with van der Waals surface area (Å²) in [6.45, 7) is 0. The molecule has 5 nitrogen and oxygen atoms in total. The van der Waals surface area contributed by atoms with E-state index in [0.29, 0.717) is 32.2 Å². The Labute approximate surface area is 135 Å². The van der Waals surface area contributed by atoms with Crippen molar-refractivity contribution in [2.45, 2.75) is 6.17 Å². The minimum Gasteiger partial charge on any atom is -0.240 e. The molecule has 0 unspecified atom stereocenters. The van der Waals surface area contributed by atoms with Crippen molar-refractivity contribution in [1.29, 1.82) is 5.26 Å². The van der Waals surface area contributed by atoms with E-state index in [1.165, 1.54) is 18.0 Å². The quantitative estimate of drug-likeness (QED) is 0.853. The second kappa shape index (κ2) is 5.70. The molecule has 0 spiro atoms. The number of aliphatic imine (C=N–C) groups is 2. The average molecular weight is 338 g/mol. The Morgan fingerprint density at radius 2 is 2.10 bits per heavy atom. The van der Waals surface area contributed by atoms with Gasteiger partial charge in [-0.05, 0) is 18.4 Å². The third kappa shape index (κ3) is 2.43. The SMILES string of the molecule is CSC1=NC=C(C#N)C2=N[C@H](c3c(Cl)cccc3Cl)NN12. The molecule has 2 aliphatic heterocycles. The van der Waals surface area contributed by atoms with Crippen LogP contribution in [0, 0.1) is 11.3 Å². The van der Waals surface area contributed by atoms with Gasteiger partial charge in [0.25, 0.3) is 0 Å². The van der Waals surface area contributed by atoms with Gasteiger partial charge in [-0.1, -0.05) is 41.0 Å². The van der Waals surface area contributed by atoms with Crippen molar-refractivity contribution in [2.24, 2.45) is 9.98 Å². The molecule has 8 heteroatoms. The molecule has 0 fully saturated rings. The van der Waals surface area contributed by atoms with Crippen LogP contribution in [0.25, 0.3) is 0 Å². The standard InChI is InChI=1S/C13H9Cl2N5S/c1-21-13-17-6-7(5-16)12-18-11(19-20(12)13)10-8(14)3-2-4-9(10)15/h2-4,6,11,19H,1H3/t11-/m0/s1. The number of nitrogens with zero attached hydrogens (tertiary/aromatic N) is 4. The summed E-state index contributed by atoms with van der Waals surface area (Å²) in [6, 6.07) is 7.38. The number of nitrogens with one attached hydrogen (secondary N) is 1. The molecule has 2 aliphatic rings. The van der Waals surface area contributed by atoms with Gasteiger partial charge in [-0.3, -0.25) is 0 Å². The highest BCUT2D eigenvalue weighted by molar-refractivity contribution is 8.13. The highest BCUT2D eigenvalue weighted by Gasteiger charge is 2.34. The van der Waals surface area contributed by atoms with E-state index in [9.17, 15) is 5.26 Å². The Morgan fingerprint density at radius 3 is 2.71 bits per heavy atom. The normalized spacial score (nSPS) is 20.4. The van der Waals surface area contributed by atoms with E-state index in [-0.39, 0.29) is 0 Å². The highest BCUT2D eigenvalue weighted by Crippen LogP contribution is 2.35. The molecule has 0 bridgehead atoms. The molecule has 3 rings (SSSR count). The number of hydrazine groups is 1. The molecule has 0 radical (unpaired) electrons. The summed E-state index contributed by atoms with van der Waals surface area (Å²) >= 11 is 13.9. The van der Waals surface area contributed by atoms with E-state index in [1.54, 1.807) is 23.2 Å². The lowest BCUT2D eigenvalue weighted by atomic mass is 10.2. The molecule has 0 aliphatic carbocycles. The molecule has 1 aromatic rings. The molecule has 0 aromatic heterocycles. The first kappa shape index (κ1) is 14.4. The fourth-order valence-electron chi connectivity index (χ4n) is 2.09. The van der Waals surface area contributed by atoms with Crippen molar-refractivity contribution in [3.63, 3.8) is 0 Å². The zero-order valence-corrected chi connectivity index (χ0v) is 13.2. The molecule has 0 amide bonds. The molecule has 1 N–H and O–H groups in total. The molecule has 2 heterocycles. The average Bonchev–Trinajstić information content (AvgIpc) is 2.90. The van der Waals surface area contributed by atoms with Crippen LogP contribution in [0.5, 0.6) is 0 Å². The smallest absolute Gasteiger partial charge is 0.184 e. The summed E-state index contributed by atoms with van der Waals surface area (Å²) in [6.07, 6.45) is 2.96. The predicted molar refractivity (Wildman–Crippen MR) is 86.3 cm³/mol. The first-order valence-corrected chi connectivity index (χ1v) is 7.94. The van der Waals surface area contributed by atoms with Gasteiger partial charge < -0.3 is 0 Å². The number of benzene rings is 1. The molecule has 106 valence electrons. The fraction of sp³-hybridized carbons (Fsp3) is 0.154. The molecular weight excluding hydrogens is 329 g/mol. The van der Waals surface area contributed by atoms with Crippen LogP contribution in [0.15, 0.2) is 40.0 Å². The zero-order valence-electron chi connectivity index (χ0n) is 10.8. The van der Waals surface area contributed by atoms with E-state index in [4.69, 9.17) is 23.2 Å². The van der Waals surface area contributed by atoms with Crippen LogP contribution >= 0.6 is 35.0 Å². The Morgan fingerprint density at radius 1 is 1.38 bits per heavy atom. The fourth-order valence-corrected chi connectivity index (χ4v) is 3.17. The second-order valence-electron chi connectivity index (χ2n) is 4.23. The minimum absolute atomic E-state index is 0.394. The van der Waals surface area contributed by atoms with Gasteiger partial charge in [0.1, 0.15) is 17.8 Å². The van der Waals surface area contributed by atoms with E-state index >= 15 is 0 Å². The monoisotopic (exact) mass is 337 g/mol. The van der Waals surface area contributed by atoms with Gasteiger partial charge in [-0.15, -0.1) is 0 Å². The maximum Gasteiger partial charge on any atom is 0.184 e. The third-order valence-corrected chi connectivity index (χ3v) is 4.34. The van der Waals surface area contributed by atoms with Crippen molar-refractivity contribution in [2.75, 3.05) is 6.26 Å². The summed E-state index contributed by atoms with van der Waals surface area (Å²) in [5.74, 6) is 0.526. The lowest BCUT2D eigenvalue weighted by Crippen LogP contribution is -2.43. The molecular formula is C13H9Cl2N5S. The zero-order chi connectivity index (χ0) is 15.0. The van der Waals surface area contributed by atoms with Gasteiger partial charge in [-0.25, -0.2) is 15.0 Å². The Bertz CT molecular complexity index is 714. The maximum absolute atomic E-state index is 9.18. The van der Waals surface area contributed by atoms with Gasteiger partial charge in [0.2, 0.25) is 0 Å². The van der Waals surface area contributed by atoms with Gasteiger partial charge in [0.15, 0.2) is 11.0 Å². The number of rotatable bonds is 1. The molecule has 1 aromatic carbocycles. The van der Waals surface area contributed by atoms with Gasteiger partial charge in [0.05, 0.1) is 6.20 Å². The molecule has 0 saturated heterocycles. The second-order valence-corrected chi connectivity index (χ2v) is 5.81. The Balaban J connectivity index is 2.05. The Hall–Kier alpha value is -1.52. The summed E-state index contributed by atoms with van der Waals surface area (Å²) in [4.78, 5) is 8.76. The van der Waals surface area contributed by atoms with Crippen molar-refractivity contribution in [3.8, 4) is 6.07 Å². The third-order valence-electron chi connectivity index (χ3n) is 3.03. The van der Waals surface area contributed by atoms with Crippen molar-refractivity contribution < 1.29 is 0 Å². The van der Waals surface area contributed by atoms with Crippen LogP contribution in [-0.2, 0) is 0 Å². The number of thioether (sulfide) groups is 1. The maximum atomic E-state index is 9.18. The highest BCUT2D eigenvalue weighted by atomic mass is 35.5. The summed E-state index contributed by atoms with van der Waals surface area (Å²) in [5.41, 5.74) is 4.25. The predicted octanol–water partition coefficient (Wildman–Crippen LogP) is 3.35. The first-order chi connectivity index (χ1) is 10.2. The minimum atomic E-state index is -0.451. The van der Waals surface area contributed by atoms with Gasteiger partial charge in [0, 0.05) is 15.6 Å². The van der Waals surface area contributed by atoms with Crippen LogP contribution in [0.2, 0.25) is 10.0 Å².